The Hall–Kier alpha value is -2.96. The fourth-order valence-corrected chi connectivity index (χ4v) is 2.28. The number of urea groups is 1. The number of rotatable bonds is 8. The number of ether oxygens (including phenoxy) is 2. The van der Waals surface area contributed by atoms with E-state index in [1.165, 1.54) is 19.2 Å². The van der Waals surface area contributed by atoms with E-state index in [4.69, 9.17) is 15.2 Å². The van der Waals surface area contributed by atoms with Gasteiger partial charge in [0, 0.05) is 24.4 Å². The van der Waals surface area contributed by atoms with Gasteiger partial charge in [0.05, 0.1) is 12.8 Å². The molecule has 0 aliphatic carbocycles. The standard InChI is InChI=1S/C19H24FN3O3/c1-3-4-5-10-22-19(24)23-16-12-17(25-2)18(11-15(16)20)26-14-8-6-13(21)7-9-14/h6-9,11-12H,3-5,10,21H2,1-2H3,(H2,22,23,24). The summed E-state index contributed by atoms with van der Waals surface area (Å²) < 4.78 is 25.2. The first-order valence-corrected chi connectivity index (χ1v) is 8.49. The number of carbonyl (C=O) groups is 1. The highest BCUT2D eigenvalue weighted by Gasteiger charge is 2.14. The Labute approximate surface area is 152 Å². The third kappa shape index (κ3) is 5.54. The van der Waals surface area contributed by atoms with Crippen molar-refractivity contribution in [2.75, 3.05) is 24.7 Å². The molecule has 6 nitrogen and oxygen atoms in total. The second-order valence-electron chi connectivity index (χ2n) is 5.74. The lowest BCUT2D eigenvalue weighted by molar-refractivity contribution is 0.251. The molecule has 0 atom stereocenters. The van der Waals surface area contributed by atoms with Gasteiger partial charge in [0.15, 0.2) is 17.3 Å². The molecule has 140 valence electrons. The summed E-state index contributed by atoms with van der Waals surface area (Å²) in [5.41, 5.74) is 6.24. The number of nitrogens with one attached hydrogen (secondary N) is 2. The van der Waals surface area contributed by atoms with E-state index < -0.39 is 11.8 Å². The normalized spacial score (nSPS) is 10.3. The maximum Gasteiger partial charge on any atom is 0.319 e. The summed E-state index contributed by atoms with van der Waals surface area (Å²) in [5.74, 6) is 0.361. The molecule has 0 aliphatic rings. The number of anilines is 2. The zero-order chi connectivity index (χ0) is 18.9. The van der Waals surface area contributed by atoms with Crippen molar-refractivity contribution in [2.45, 2.75) is 26.2 Å². The Bertz CT molecular complexity index is 736. The van der Waals surface area contributed by atoms with Crippen LogP contribution in [0.15, 0.2) is 36.4 Å². The molecule has 0 fully saturated rings. The van der Waals surface area contributed by atoms with Crippen LogP contribution < -0.4 is 25.8 Å². The van der Waals surface area contributed by atoms with Crippen LogP contribution in [0.25, 0.3) is 0 Å². The quantitative estimate of drug-likeness (QED) is 0.477. The van der Waals surface area contributed by atoms with E-state index in [9.17, 15) is 9.18 Å². The third-order valence-corrected chi connectivity index (χ3v) is 3.68. The van der Waals surface area contributed by atoms with E-state index in [1.54, 1.807) is 24.3 Å². The molecule has 2 aromatic carbocycles. The van der Waals surface area contributed by atoms with Crippen LogP contribution in [-0.4, -0.2) is 19.7 Å². The second-order valence-corrected chi connectivity index (χ2v) is 5.74. The second kappa shape index (κ2) is 9.50. The number of methoxy groups -OCH3 is 1. The summed E-state index contributed by atoms with van der Waals surface area (Å²) in [7, 11) is 1.44. The number of nitrogens with two attached hydrogens (primary N) is 1. The van der Waals surface area contributed by atoms with Crippen molar-refractivity contribution in [1.29, 1.82) is 0 Å². The molecule has 2 amide bonds. The van der Waals surface area contributed by atoms with Crippen LogP contribution >= 0.6 is 0 Å². The van der Waals surface area contributed by atoms with Crippen molar-refractivity contribution in [3.05, 3.63) is 42.2 Å². The van der Waals surface area contributed by atoms with E-state index in [0.717, 1.165) is 19.3 Å². The van der Waals surface area contributed by atoms with Crippen LogP contribution in [-0.2, 0) is 0 Å². The van der Waals surface area contributed by atoms with Crippen molar-refractivity contribution in [3.63, 3.8) is 0 Å². The number of nitrogen functional groups attached to an aromatic ring is 1. The third-order valence-electron chi connectivity index (χ3n) is 3.68. The Morgan fingerprint density at radius 1 is 1.15 bits per heavy atom. The van der Waals surface area contributed by atoms with Gasteiger partial charge < -0.3 is 25.8 Å². The minimum Gasteiger partial charge on any atom is -0.493 e. The van der Waals surface area contributed by atoms with E-state index in [-0.39, 0.29) is 11.4 Å². The van der Waals surface area contributed by atoms with Gasteiger partial charge in [0.1, 0.15) is 5.75 Å². The van der Waals surface area contributed by atoms with E-state index in [2.05, 4.69) is 17.6 Å². The average molecular weight is 361 g/mol. The molecule has 7 heteroatoms. The zero-order valence-corrected chi connectivity index (χ0v) is 15.0. The molecule has 26 heavy (non-hydrogen) atoms. The molecular weight excluding hydrogens is 337 g/mol. The molecule has 0 radical (unpaired) electrons. The first-order chi connectivity index (χ1) is 12.5. The van der Waals surface area contributed by atoms with Crippen LogP contribution in [0.1, 0.15) is 26.2 Å². The maximum absolute atomic E-state index is 14.3. The summed E-state index contributed by atoms with van der Waals surface area (Å²) in [4.78, 5) is 11.9. The predicted molar refractivity (Wildman–Crippen MR) is 100 cm³/mol. The minimum atomic E-state index is -0.625. The Morgan fingerprint density at radius 2 is 1.88 bits per heavy atom. The summed E-state index contributed by atoms with van der Waals surface area (Å²) in [6.45, 7) is 2.62. The van der Waals surface area contributed by atoms with E-state index in [0.29, 0.717) is 23.7 Å². The molecule has 0 saturated heterocycles. The lowest BCUT2D eigenvalue weighted by atomic mass is 10.2. The molecule has 0 spiro atoms. The van der Waals surface area contributed by atoms with Gasteiger partial charge in [-0.1, -0.05) is 19.8 Å². The summed E-state index contributed by atoms with van der Waals surface area (Å²) >= 11 is 0. The molecule has 0 heterocycles. The topological polar surface area (TPSA) is 85.6 Å². The number of amides is 2. The van der Waals surface area contributed by atoms with Crippen LogP contribution in [0.4, 0.5) is 20.6 Å². The first kappa shape index (κ1) is 19.4. The average Bonchev–Trinajstić information content (AvgIpc) is 2.63. The van der Waals surface area contributed by atoms with Crippen molar-refractivity contribution in [3.8, 4) is 17.2 Å². The van der Waals surface area contributed by atoms with Gasteiger partial charge in [-0.25, -0.2) is 9.18 Å². The van der Waals surface area contributed by atoms with Crippen molar-refractivity contribution in [2.24, 2.45) is 0 Å². The molecule has 4 N–H and O–H groups in total. The van der Waals surface area contributed by atoms with Crippen molar-refractivity contribution in [1.82, 2.24) is 5.32 Å². The molecular formula is C19H24FN3O3. The van der Waals surface area contributed by atoms with Crippen molar-refractivity contribution >= 4 is 17.4 Å². The van der Waals surface area contributed by atoms with Gasteiger partial charge in [0.2, 0.25) is 0 Å². The number of hydrogen-bond donors (Lipinski definition) is 3. The SMILES string of the molecule is CCCCCNC(=O)Nc1cc(OC)c(Oc2ccc(N)cc2)cc1F. The predicted octanol–water partition coefficient (Wildman–Crippen LogP) is 4.52. The smallest absolute Gasteiger partial charge is 0.319 e. The molecule has 0 unspecified atom stereocenters. The van der Waals surface area contributed by atoms with E-state index >= 15 is 0 Å². The summed E-state index contributed by atoms with van der Waals surface area (Å²) in [6.07, 6.45) is 2.97. The number of hydrogen-bond acceptors (Lipinski definition) is 4. The molecule has 2 rings (SSSR count). The monoisotopic (exact) mass is 361 g/mol. The van der Waals surface area contributed by atoms with Gasteiger partial charge >= 0.3 is 6.03 Å². The number of carbonyl (C=O) groups excluding carboxylic acids is 1. The number of unbranched alkanes of at least 4 members (excludes halogenated alkanes) is 2. The van der Waals surface area contributed by atoms with Crippen molar-refractivity contribution < 1.29 is 18.7 Å². The molecule has 0 bridgehead atoms. The fourth-order valence-electron chi connectivity index (χ4n) is 2.28. The minimum absolute atomic E-state index is 0.0134. The number of benzene rings is 2. The van der Waals surface area contributed by atoms with Crippen LogP contribution in [0.5, 0.6) is 17.2 Å². The zero-order valence-electron chi connectivity index (χ0n) is 15.0. The molecule has 2 aromatic rings. The van der Waals surface area contributed by atoms with Gasteiger partial charge in [-0.05, 0) is 30.7 Å². The highest BCUT2D eigenvalue weighted by atomic mass is 19.1. The largest absolute Gasteiger partial charge is 0.493 e. The highest BCUT2D eigenvalue weighted by molar-refractivity contribution is 5.89. The van der Waals surface area contributed by atoms with E-state index in [1.807, 2.05) is 0 Å². The van der Waals surface area contributed by atoms with Gasteiger partial charge in [-0.15, -0.1) is 0 Å². The number of halogens is 1. The Kier molecular flexibility index (Phi) is 7.08. The summed E-state index contributed by atoms with van der Waals surface area (Å²) in [6, 6.07) is 8.78. The Morgan fingerprint density at radius 3 is 2.54 bits per heavy atom. The van der Waals surface area contributed by atoms with Crippen LogP contribution in [0, 0.1) is 5.82 Å². The van der Waals surface area contributed by atoms with Crippen LogP contribution in [0.3, 0.4) is 0 Å². The summed E-state index contributed by atoms with van der Waals surface area (Å²) in [5, 5.41) is 5.17. The van der Waals surface area contributed by atoms with Gasteiger partial charge in [-0.3, -0.25) is 0 Å². The van der Waals surface area contributed by atoms with Crippen LogP contribution in [0.2, 0.25) is 0 Å². The lowest BCUT2D eigenvalue weighted by Crippen LogP contribution is -2.29. The lowest BCUT2D eigenvalue weighted by Gasteiger charge is -2.14. The maximum atomic E-state index is 14.3. The fraction of sp³-hybridized carbons (Fsp3) is 0.316. The van der Waals surface area contributed by atoms with Gasteiger partial charge in [-0.2, -0.15) is 0 Å². The molecule has 0 aromatic heterocycles. The molecule has 0 aliphatic heterocycles. The first-order valence-electron chi connectivity index (χ1n) is 8.49. The highest BCUT2D eigenvalue weighted by Crippen LogP contribution is 2.36. The van der Waals surface area contributed by atoms with Gasteiger partial charge in [0.25, 0.3) is 0 Å². The molecule has 0 saturated carbocycles. The Balaban J connectivity index is 2.08.